The highest BCUT2D eigenvalue weighted by molar-refractivity contribution is 6.31. The first-order valence-electron chi connectivity index (χ1n) is 9.12. The van der Waals surface area contributed by atoms with Gasteiger partial charge in [-0.3, -0.25) is 0 Å². The average molecular weight is 464 g/mol. The SMILES string of the molecule is N#Cc1ccc(CC(O)(CC2(c3ccccc3OC(F)(F)F)CC2)C(F)(F)F)c(Cl)c1. The Kier molecular flexibility index (Phi) is 5.93. The van der Waals surface area contributed by atoms with Crippen molar-refractivity contribution in [2.45, 2.75) is 49.2 Å². The molecule has 0 spiro atoms. The maximum Gasteiger partial charge on any atom is 0.573 e. The van der Waals surface area contributed by atoms with E-state index >= 15 is 0 Å². The van der Waals surface area contributed by atoms with Crippen molar-refractivity contribution in [3.63, 3.8) is 0 Å². The van der Waals surface area contributed by atoms with Crippen molar-refractivity contribution in [2.24, 2.45) is 0 Å². The molecule has 1 aliphatic rings. The number of halogens is 7. The van der Waals surface area contributed by atoms with E-state index in [2.05, 4.69) is 4.74 Å². The van der Waals surface area contributed by atoms with E-state index in [1.165, 1.54) is 36.4 Å². The molecule has 1 fully saturated rings. The van der Waals surface area contributed by atoms with Gasteiger partial charge in [-0.1, -0.05) is 35.9 Å². The van der Waals surface area contributed by atoms with Crippen LogP contribution in [0.1, 0.15) is 36.0 Å². The molecule has 1 N–H and O–H groups in total. The van der Waals surface area contributed by atoms with E-state index in [9.17, 15) is 31.4 Å². The Hall–Kier alpha value is -2.44. The second-order valence-corrected chi connectivity index (χ2v) is 8.03. The summed E-state index contributed by atoms with van der Waals surface area (Å²) >= 11 is 5.99. The molecule has 0 bridgehead atoms. The van der Waals surface area contributed by atoms with Crippen molar-refractivity contribution >= 4 is 11.6 Å². The minimum absolute atomic E-state index is 0.0314. The molecule has 10 heteroatoms. The number of ether oxygens (including phenoxy) is 1. The fourth-order valence-corrected chi connectivity index (χ4v) is 3.96. The van der Waals surface area contributed by atoms with Crippen molar-refractivity contribution in [3.05, 3.63) is 64.2 Å². The van der Waals surface area contributed by atoms with Crippen molar-refractivity contribution in [1.29, 1.82) is 5.26 Å². The predicted molar refractivity (Wildman–Crippen MR) is 99.5 cm³/mol. The highest BCUT2D eigenvalue weighted by Crippen LogP contribution is 2.58. The first-order valence-corrected chi connectivity index (χ1v) is 9.49. The lowest BCUT2D eigenvalue weighted by molar-refractivity contribution is -0.275. The van der Waals surface area contributed by atoms with Crippen LogP contribution >= 0.6 is 11.6 Å². The highest BCUT2D eigenvalue weighted by Gasteiger charge is 2.61. The highest BCUT2D eigenvalue weighted by atomic mass is 35.5. The van der Waals surface area contributed by atoms with Gasteiger partial charge in [-0.05, 0) is 43.0 Å². The van der Waals surface area contributed by atoms with E-state index in [0.29, 0.717) is 0 Å². The molecular formula is C21H16ClF6NO2. The number of para-hydroxylation sites is 1. The molecule has 166 valence electrons. The maximum absolute atomic E-state index is 14.0. The number of alkyl halides is 6. The second kappa shape index (κ2) is 7.92. The second-order valence-electron chi connectivity index (χ2n) is 7.63. The van der Waals surface area contributed by atoms with Crippen LogP contribution in [0, 0.1) is 11.3 Å². The zero-order chi connectivity index (χ0) is 23.1. The first kappa shape index (κ1) is 23.2. The van der Waals surface area contributed by atoms with Gasteiger partial charge < -0.3 is 9.84 Å². The Morgan fingerprint density at radius 2 is 1.71 bits per heavy atom. The molecule has 0 heterocycles. The monoisotopic (exact) mass is 463 g/mol. The number of nitrogens with zero attached hydrogens (tertiary/aromatic N) is 1. The molecule has 3 nitrogen and oxygen atoms in total. The smallest absolute Gasteiger partial charge is 0.405 e. The summed E-state index contributed by atoms with van der Waals surface area (Å²) in [5, 5.41) is 19.5. The van der Waals surface area contributed by atoms with Gasteiger partial charge in [0.1, 0.15) is 5.75 Å². The summed E-state index contributed by atoms with van der Waals surface area (Å²) in [6, 6.07) is 10.5. The Bertz CT molecular complexity index is 1010. The van der Waals surface area contributed by atoms with Crippen molar-refractivity contribution < 1.29 is 36.2 Å². The summed E-state index contributed by atoms with van der Waals surface area (Å²) < 4.78 is 84.2. The largest absolute Gasteiger partial charge is 0.573 e. The molecular weight excluding hydrogens is 448 g/mol. The molecule has 31 heavy (non-hydrogen) atoms. The molecule has 0 radical (unpaired) electrons. The van der Waals surface area contributed by atoms with Gasteiger partial charge in [-0.25, -0.2) is 0 Å². The lowest BCUT2D eigenvalue weighted by atomic mass is 9.79. The number of hydrogen-bond donors (Lipinski definition) is 1. The Balaban J connectivity index is 1.97. The summed E-state index contributed by atoms with van der Waals surface area (Å²) in [6.07, 6.45) is -11.6. The van der Waals surface area contributed by atoms with Crippen LogP contribution in [0.15, 0.2) is 42.5 Å². The summed E-state index contributed by atoms with van der Waals surface area (Å²) in [7, 11) is 0. The van der Waals surface area contributed by atoms with Crippen LogP contribution in [0.2, 0.25) is 5.02 Å². The quantitative estimate of drug-likeness (QED) is 0.529. The number of aliphatic hydroxyl groups is 1. The van der Waals surface area contributed by atoms with Gasteiger partial charge in [0.05, 0.1) is 11.6 Å². The Morgan fingerprint density at radius 3 is 2.23 bits per heavy atom. The minimum Gasteiger partial charge on any atom is -0.405 e. The number of benzene rings is 2. The molecule has 2 aromatic carbocycles. The molecule has 1 aliphatic carbocycles. The van der Waals surface area contributed by atoms with Crippen LogP contribution in [-0.4, -0.2) is 23.2 Å². The molecule has 1 unspecified atom stereocenters. The third-order valence-corrected chi connectivity index (χ3v) is 5.71. The van der Waals surface area contributed by atoms with Gasteiger partial charge in [-0.2, -0.15) is 18.4 Å². The van der Waals surface area contributed by atoms with Crippen LogP contribution in [0.5, 0.6) is 5.75 Å². The predicted octanol–water partition coefficient (Wildman–Crippen LogP) is 6.07. The molecule has 0 aromatic heterocycles. The van der Waals surface area contributed by atoms with Crippen LogP contribution < -0.4 is 4.74 Å². The van der Waals surface area contributed by atoms with E-state index < -0.39 is 42.1 Å². The molecule has 0 aliphatic heterocycles. The molecule has 0 amide bonds. The molecule has 1 saturated carbocycles. The third kappa shape index (κ3) is 5.08. The zero-order valence-corrected chi connectivity index (χ0v) is 16.6. The summed E-state index contributed by atoms with van der Waals surface area (Å²) in [5.74, 6) is -0.589. The van der Waals surface area contributed by atoms with Crippen LogP contribution in [0.3, 0.4) is 0 Å². The van der Waals surface area contributed by atoms with Crippen molar-refractivity contribution in [2.75, 3.05) is 0 Å². The van der Waals surface area contributed by atoms with E-state index in [1.54, 1.807) is 0 Å². The van der Waals surface area contributed by atoms with Crippen molar-refractivity contribution in [3.8, 4) is 11.8 Å². The number of rotatable bonds is 6. The Morgan fingerprint density at radius 1 is 1.06 bits per heavy atom. The maximum atomic E-state index is 14.0. The van der Waals surface area contributed by atoms with Gasteiger partial charge in [0.15, 0.2) is 5.60 Å². The lowest BCUT2D eigenvalue weighted by Crippen LogP contribution is -2.49. The minimum atomic E-state index is -5.08. The fraction of sp³-hybridized carbons (Fsp3) is 0.381. The molecule has 2 aromatic rings. The van der Waals surface area contributed by atoms with Gasteiger partial charge in [0, 0.05) is 22.4 Å². The molecule has 0 saturated heterocycles. The third-order valence-electron chi connectivity index (χ3n) is 5.36. The van der Waals surface area contributed by atoms with Crippen LogP contribution in [0.25, 0.3) is 0 Å². The molecule has 3 rings (SSSR count). The van der Waals surface area contributed by atoms with Crippen molar-refractivity contribution in [1.82, 2.24) is 0 Å². The lowest BCUT2D eigenvalue weighted by Gasteiger charge is -2.35. The first-order chi connectivity index (χ1) is 14.3. The standard InChI is InChI=1S/C21H16ClF6NO2/c22-16-9-13(11-29)5-6-14(16)10-19(30,20(23,24)25)12-18(7-8-18)15-3-1-2-4-17(15)31-21(26,27)28/h1-6,9,30H,7-8,10,12H2. The van der Waals surface area contributed by atoms with Gasteiger partial charge in [-0.15, -0.1) is 13.2 Å². The zero-order valence-electron chi connectivity index (χ0n) is 15.8. The van der Waals surface area contributed by atoms with Crippen LogP contribution in [0.4, 0.5) is 26.3 Å². The average Bonchev–Trinajstić information content (AvgIpc) is 3.41. The van der Waals surface area contributed by atoms with E-state index in [4.69, 9.17) is 16.9 Å². The number of nitriles is 1. The van der Waals surface area contributed by atoms with E-state index in [-0.39, 0.29) is 34.6 Å². The Labute approximate surface area is 178 Å². The van der Waals surface area contributed by atoms with Crippen LogP contribution in [-0.2, 0) is 11.8 Å². The summed E-state index contributed by atoms with van der Waals surface area (Å²) in [6.45, 7) is 0. The molecule has 1 atom stereocenters. The van der Waals surface area contributed by atoms with E-state index in [0.717, 1.165) is 6.07 Å². The normalized spacial score (nSPS) is 17.5. The van der Waals surface area contributed by atoms with E-state index in [1.807, 2.05) is 6.07 Å². The fourth-order valence-electron chi connectivity index (χ4n) is 3.71. The number of hydrogen-bond acceptors (Lipinski definition) is 3. The summed E-state index contributed by atoms with van der Waals surface area (Å²) in [5.41, 5.74) is -4.52. The summed E-state index contributed by atoms with van der Waals surface area (Å²) in [4.78, 5) is 0. The van der Waals surface area contributed by atoms with Gasteiger partial charge in [0.25, 0.3) is 0 Å². The topological polar surface area (TPSA) is 53.2 Å². The van der Waals surface area contributed by atoms with Gasteiger partial charge >= 0.3 is 12.5 Å². The van der Waals surface area contributed by atoms with Gasteiger partial charge in [0.2, 0.25) is 0 Å².